The lowest BCUT2D eigenvalue weighted by atomic mass is 9.96. The molecule has 2 aliphatic rings. The van der Waals surface area contributed by atoms with Crippen LogP contribution in [0.25, 0.3) is 0 Å². The zero-order chi connectivity index (χ0) is 13.7. The monoisotopic (exact) mass is 267 g/mol. The second kappa shape index (κ2) is 7.61. The van der Waals surface area contributed by atoms with Crippen LogP contribution in [0.5, 0.6) is 0 Å². The lowest BCUT2D eigenvalue weighted by Gasteiger charge is -2.39. The maximum Gasteiger partial charge on any atom is 0.0110 e. The highest BCUT2D eigenvalue weighted by atomic mass is 15.3. The summed E-state index contributed by atoms with van der Waals surface area (Å²) in [6, 6.07) is 0. The molecule has 0 aromatic rings. The molecule has 19 heavy (non-hydrogen) atoms. The van der Waals surface area contributed by atoms with E-state index in [2.05, 4.69) is 35.5 Å². The minimum absolute atomic E-state index is 0.810. The molecule has 2 heterocycles. The van der Waals surface area contributed by atoms with Gasteiger partial charge in [0.2, 0.25) is 0 Å². The molecule has 2 fully saturated rings. The van der Waals surface area contributed by atoms with Gasteiger partial charge in [-0.2, -0.15) is 0 Å². The van der Waals surface area contributed by atoms with E-state index < -0.39 is 0 Å². The number of nitrogens with zero attached hydrogens (tertiary/aromatic N) is 3. The molecule has 0 aromatic carbocycles. The first kappa shape index (κ1) is 15.3. The van der Waals surface area contributed by atoms with Gasteiger partial charge in [-0.3, -0.25) is 0 Å². The average molecular weight is 267 g/mol. The first-order valence-electron chi connectivity index (χ1n) is 8.34. The van der Waals surface area contributed by atoms with Gasteiger partial charge in [0.05, 0.1) is 0 Å². The molecule has 2 rings (SSSR count). The Bertz CT molecular complexity index is 238. The molecule has 0 unspecified atom stereocenters. The van der Waals surface area contributed by atoms with Crippen LogP contribution in [0.2, 0.25) is 0 Å². The Labute approximate surface area is 119 Å². The molecule has 0 aliphatic carbocycles. The zero-order valence-electron chi connectivity index (χ0n) is 13.3. The summed E-state index contributed by atoms with van der Waals surface area (Å²) < 4.78 is 0. The Morgan fingerprint density at radius 2 is 1.42 bits per heavy atom. The Balaban J connectivity index is 1.63. The van der Waals surface area contributed by atoms with Crippen molar-refractivity contribution in [2.24, 2.45) is 11.8 Å². The first-order chi connectivity index (χ1) is 9.17. The first-order valence-corrected chi connectivity index (χ1v) is 8.34. The van der Waals surface area contributed by atoms with Crippen LogP contribution < -0.4 is 0 Å². The number of piperidine rings is 1. The summed E-state index contributed by atoms with van der Waals surface area (Å²) in [5.74, 6) is 1.77. The topological polar surface area (TPSA) is 9.72 Å². The molecule has 3 heteroatoms. The smallest absolute Gasteiger partial charge is 0.0110 e. The maximum atomic E-state index is 2.71. The quantitative estimate of drug-likeness (QED) is 0.754. The molecule has 0 bridgehead atoms. The Kier molecular flexibility index (Phi) is 6.11. The van der Waals surface area contributed by atoms with Crippen molar-refractivity contribution in [1.29, 1.82) is 0 Å². The molecule has 0 atom stereocenters. The second-order valence-electron chi connectivity index (χ2n) is 6.87. The molecule has 0 amide bonds. The number of hydrogen-bond acceptors (Lipinski definition) is 3. The van der Waals surface area contributed by atoms with E-state index >= 15 is 0 Å². The predicted octanol–water partition coefficient (Wildman–Crippen LogP) is 1.99. The molecule has 112 valence electrons. The summed E-state index contributed by atoms with van der Waals surface area (Å²) in [4.78, 5) is 7.95. The minimum Gasteiger partial charge on any atom is -0.304 e. The summed E-state index contributed by atoms with van der Waals surface area (Å²) in [6.07, 6.45) is 2.83. The third-order valence-corrected chi connectivity index (χ3v) is 4.76. The van der Waals surface area contributed by atoms with Crippen molar-refractivity contribution in [3.8, 4) is 0 Å². The van der Waals surface area contributed by atoms with Crippen LogP contribution in [0.3, 0.4) is 0 Å². The van der Waals surface area contributed by atoms with Crippen LogP contribution >= 0.6 is 0 Å². The van der Waals surface area contributed by atoms with Crippen LogP contribution in [0.15, 0.2) is 0 Å². The fraction of sp³-hybridized carbons (Fsp3) is 1.00. The van der Waals surface area contributed by atoms with Gasteiger partial charge in [-0.05, 0) is 44.3 Å². The second-order valence-corrected chi connectivity index (χ2v) is 6.87. The largest absolute Gasteiger partial charge is 0.304 e. The van der Waals surface area contributed by atoms with Crippen LogP contribution in [-0.4, -0.2) is 73.6 Å². The van der Waals surface area contributed by atoms with E-state index in [1.807, 2.05) is 0 Å². The van der Waals surface area contributed by atoms with Crippen molar-refractivity contribution in [2.75, 3.05) is 58.9 Å². The minimum atomic E-state index is 0.810. The summed E-state index contributed by atoms with van der Waals surface area (Å²) in [6.45, 7) is 18.6. The van der Waals surface area contributed by atoms with Gasteiger partial charge in [-0.15, -0.1) is 0 Å². The highest BCUT2D eigenvalue weighted by Gasteiger charge is 2.23. The molecular weight excluding hydrogens is 234 g/mol. The molecule has 3 nitrogen and oxygen atoms in total. The van der Waals surface area contributed by atoms with Gasteiger partial charge in [0.25, 0.3) is 0 Å². The fourth-order valence-electron chi connectivity index (χ4n) is 3.52. The highest BCUT2D eigenvalue weighted by Crippen LogP contribution is 2.19. The van der Waals surface area contributed by atoms with Crippen LogP contribution in [0, 0.1) is 11.8 Å². The molecule has 2 aliphatic heterocycles. The van der Waals surface area contributed by atoms with Crippen LogP contribution in [0.1, 0.15) is 33.6 Å². The summed E-state index contributed by atoms with van der Waals surface area (Å²) in [5.41, 5.74) is 0. The van der Waals surface area contributed by atoms with E-state index in [0.717, 1.165) is 11.8 Å². The van der Waals surface area contributed by atoms with Crippen LogP contribution in [0.4, 0.5) is 0 Å². The van der Waals surface area contributed by atoms with Crippen molar-refractivity contribution in [3.63, 3.8) is 0 Å². The number of hydrogen-bond donors (Lipinski definition) is 0. The van der Waals surface area contributed by atoms with E-state index in [1.165, 1.54) is 71.7 Å². The van der Waals surface area contributed by atoms with E-state index in [1.54, 1.807) is 0 Å². The maximum absolute atomic E-state index is 2.71. The molecule has 0 radical (unpaired) electrons. The summed E-state index contributed by atoms with van der Waals surface area (Å²) in [5, 5.41) is 0. The fourth-order valence-corrected chi connectivity index (χ4v) is 3.52. The van der Waals surface area contributed by atoms with Crippen molar-refractivity contribution < 1.29 is 0 Å². The van der Waals surface area contributed by atoms with Gasteiger partial charge < -0.3 is 14.7 Å². The van der Waals surface area contributed by atoms with E-state index in [4.69, 9.17) is 0 Å². The molecule has 0 spiro atoms. The number of likely N-dealkylation sites (tertiary alicyclic amines) is 1. The lowest BCUT2D eigenvalue weighted by Crippen LogP contribution is -2.49. The van der Waals surface area contributed by atoms with E-state index in [-0.39, 0.29) is 0 Å². The van der Waals surface area contributed by atoms with Crippen molar-refractivity contribution in [2.45, 2.75) is 33.6 Å². The SMILES string of the molecule is CCN1CCC(CN2CCN(CC(C)C)CC2)CC1. The lowest BCUT2D eigenvalue weighted by molar-refractivity contribution is 0.0908. The van der Waals surface area contributed by atoms with Gasteiger partial charge in [0.1, 0.15) is 0 Å². The normalized spacial score (nSPS) is 25.3. The van der Waals surface area contributed by atoms with Crippen molar-refractivity contribution in [1.82, 2.24) is 14.7 Å². The Morgan fingerprint density at radius 3 is 1.95 bits per heavy atom. The zero-order valence-corrected chi connectivity index (χ0v) is 13.3. The summed E-state index contributed by atoms with van der Waals surface area (Å²) in [7, 11) is 0. The molecular formula is C16H33N3. The molecule has 2 saturated heterocycles. The summed E-state index contributed by atoms with van der Waals surface area (Å²) >= 11 is 0. The van der Waals surface area contributed by atoms with Gasteiger partial charge in [0, 0.05) is 39.3 Å². The molecule has 0 N–H and O–H groups in total. The van der Waals surface area contributed by atoms with Crippen molar-refractivity contribution >= 4 is 0 Å². The third kappa shape index (κ3) is 5.05. The van der Waals surface area contributed by atoms with Gasteiger partial charge in [0.15, 0.2) is 0 Å². The average Bonchev–Trinajstić information content (AvgIpc) is 2.41. The predicted molar refractivity (Wildman–Crippen MR) is 82.6 cm³/mol. The standard InChI is InChI=1S/C16H33N3/c1-4-17-7-5-16(6-8-17)14-19-11-9-18(10-12-19)13-15(2)3/h15-16H,4-14H2,1-3H3. The Morgan fingerprint density at radius 1 is 0.842 bits per heavy atom. The van der Waals surface area contributed by atoms with E-state index in [0.29, 0.717) is 0 Å². The molecule has 0 aromatic heterocycles. The van der Waals surface area contributed by atoms with Gasteiger partial charge >= 0.3 is 0 Å². The van der Waals surface area contributed by atoms with Gasteiger partial charge in [-0.25, -0.2) is 0 Å². The van der Waals surface area contributed by atoms with Crippen LogP contribution in [-0.2, 0) is 0 Å². The third-order valence-electron chi connectivity index (χ3n) is 4.76. The van der Waals surface area contributed by atoms with Gasteiger partial charge in [-0.1, -0.05) is 20.8 Å². The van der Waals surface area contributed by atoms with E-state index in [9.17, 15) is 0 Å². The number of rotatable bonds is 5. The highest BCUT2D eigenvalue weighted by molar-refractivity contribution is 4.78. The van der Waals surface area contributed by atoms with Crippen molar-refractivity contribution in [3.05, 3.63) is 0 Å². The molecule has 0 saturated carbocycles. The number of piperazine rings is 1. The Hall–Kier alpha value is -0.120.